The molecule has 74 valence electrons. The lowest BCUT2D eigenvalue weighted by Gasteiger charge is -2.20. The summed E-state index contributed by atoms with van der Waals surface area (Å²) in [7, 11) is 0. The van der Waals surface area contributed by atoms with Gasteiger partial charge in [0.05, 0.1) is 11.9 Å². The Morgan fingerprint density at radius 2 is 2.29 bits per heavy atom. The summed E-state index contributed by atoms with van der Waals surface area (Å²) in [6, 6.07) is 2.63. The van der Waals surface area contributed by atoms with Gasteiger partial charge in [-0.05, 0) is 41.3 Å². The van der Waals surface area contributed by atoms with Gasteiger partial charge in [0.2, 0.25) is 0 Å². The minimum atomic E-state index is 0.566. The van der Waals surface area contributed by atoms with Crippen LogP contribution >= 0.6 is 15.9 Å². The molecule has 0 bridgehead atoms. The van der Waals surface area contributed by atoms with Crippen molar-refractivity contribution in [2.24, 2.45) is 0 Å². The third-order valence-corrected chi connectivity index (χ3v) is 2.78. The highest BCUT2D eigenvalue weighted by atomic mass is 79.9. The van der Waals surface area contributed by atoms with E-state index in [4.69, 9.17) is 0 Å². The molecule has 0 radical (unpaired) electrons. The second kappa shape index (κ2) is 4.60. The Morgan fingerprint density at radius 1 is 1.36 bits per heavy atom. The molecule has 0 amide bonds. The minimum absolute atomic E-state index is 0.566. The molecule has 3 heteroatoms. The quantitative estimate of drug-likeness (QED) is 0.817. The molecule has 2 rings (SSSR count). The van der Waals surface area contributed by atoms with E-state index in [9.17, 15) is 0 Å². The fourth-order valence-electron chi connectivity index (χ4n) is 1.65. The van der Waals surface area contributed by atoms with Crippen LogP contribution in [0.25, 0.3) is 0 Å². The first kappa shape index (κ1) is 9.71. The maximum absolute atomic E-state index is 4.12. The molecule has 1 aromatic heterocycles. The van der Waals surface area contributed by atoms with E-state index in [1.807, 2.05) is 6.20 Å². The Morgan fingerprint density at radius 3 is 3.00 bits per heavy atom. The summed E-state index contributed by atoms with van der Waals surface area (Å²) in [5.41, 5.74) is 1.10. The molecule has 1 aromatic rings. The Balaban J connectivity index is 1.99. The van der Waals surface area contributed by atoms with Crippen LogP contribution in [0.3, 0.4) is 0 Å². The topological polar surface area (TPSA) is 24.9 Å². The van der Waals surface area contributed by atoms with Gasteiger partial charge in [0.25, 0.3) is 0 Å². The van der Waals surface area contributed by atoms with E-state index in [1.165, 1.54) is 12.8 Å². The van der Waals surface area contributed by atoms with Crippen molar-refractivity contribution in [2.75, 3.05) is 5.32 Å². The van der Waals surface area contributed by atoms with E-state index in [2.05, 4.69) is 44.4 Å². The maximum atomic E-state index is 4.12. The molecule has 1 N–H and O–H groups in total. The summed E-state index contributed by atoms with van der Waals surface area (Å²) in [4.78, 5) is 4.12. The van der Waals surface area contributed by atoms with Gasteiger partial charge >= 0.3 is 0 Å². The highest BCUT2D eigenvalue weighted by Crippen LogP contribution is 2.19. The molecule has 2 nitrogen and oxygen atoms in total. The van der Waals surface area contributed by atoms with Gasteiger partial charge in [-0.1, -0.05) is 12.2 Å². The largest absolute Gasteiger partial charge is 0.381 e. The summed E-state index contributed by atoms with van der Waals surface area (Å²) < 4.78 is 1.02. The van der Waals surface area contributed by atoms with Gasteiger partial charge in [0.15, 0.2) is 0 Å². The molecule has 1 aliphatic rings. The summed E-state index contributed by atoms with van der Waals surface area (Å²) in [6.07, 6.45) is 11.7. The van der Waals surface area contributed by atoms with Crippen LogP contribution in [0.15, 0.2) is 35.1 Å². The number of allylic oxidation sites excluding steroid dienone is 1. The second-order valence-electron chi connectivity index (χ2n) is 3.52. The molecule has 1 atom stereocenters. The molecular formula is C11H13BrN2. The van der Waals surface area contributed by atoms with Gasteiger partial charge < -0.3 is 5.32 Å². The van der Waals surface area contributed by atoms with Crippen LogP contribution in [0.4, 0.5) is 5.69 Å². The average Bonchev–Trinajstić information content (AvgIpc) is 2.19. The zero-order chi connectivity index (χ0) is 9.80. The Hall–Kier alpha value is -0.830. The third-order valence-electron chi connectivity index (χ3n) is 2.34. The van der Waals surface area contributed by atoms with Crippen molar-refractivity contribution in [2.45, 2.75) is 25.3 Å². The predicted octanol–water partition coefficient (Wildman–Crippen LogP) is 3.36. The lowest BCUT2D eigenvalue weighted by molar-refractivity contribution is 0.644. The van der Waals surface area contributed by atoms with Crippen molar-refractivity contribution < 1.29 is 0 Å². The lowest BCUT2D eigenvalue weighted by atomic mass is 10.0. The van der Waals surface area contributed by atoms with Gasteiger partial charge in [0.1, 0.15) is 0 Å². The van der Waals surface area contributed by atoms with Crippen LogP contribution in [-0.4, -0.2) is 11.0 Å². The number of hydrogen-bond donors (Lipinski definition) is 1. The number of nitrogens with one attached hydrogen (secondary N) is 1. The number of halogens is 1. The Labute approximate surface area is 92.6 Å². The molecule has 0 saturated carbocycles. The fraction of sp³-hybridized carbons (Fsp3) is 0.364. The van der Waals surface area contributed by atoms with Crippen molar-refractivity contribution in [3.8, 4) is 0 Å². The highest BCUT2D eigenvalue weighted by molar-refractivity contribution is 9.10. The van der Waals surface area contributed by atoms with Gasteiger partial charge in [-0.15, -0.1) is 0 Å². The molecule has 0 aromatic carbocycles. The molecule has 0 spiro atoms. The lowest BCUT2D eigenvalue weighted by Crippen LogP contribution is -2.20. The molecule has 0 fully saturated rings. The molecule has 0 saturated heterocycles. The molecule has 1 aliphatic carbocycles. The number of pyridine rings is 1. The smallest absolute Gasteiger partial charge is 0.0540 e. The van der Waals surface area contributed by atoms with E-state index in [0.29, 0.717) is 6.04 Å². The monoisotopic (exact) mass is 252 g/mol. The van der Waals surface area contributed by atoms with Gasteiger partial charge in [-0.25, -0.2) is 0 Å². The molecule has 0 aliphatic heterocycles. The van der Waals surface area contributed by atoms with Crippen LogP contribution in [0.5, 0.6) is 0 Å². The zero-order valence-corrected chi connectivity index (χ0v) is 9.50. The molecule has 1 heterocycles. The SMILES string of the molecule is Brc1cncc(NC2CC=CCC2)c1. The van der Waals surface area contributed by atoms with E-state index in [-0.39, 0.29) is 0 Å². The van der Waals surface area contributed by atoms with Crippen molar-refractivity contribution in [1.29, 1.82) is 0 Å². The van der Waals surface area contributed by atoms with Crippen molar-refractivity contribution in [1.82, 2.24) is 4.98 Å². The van der Waals surface area contributed by atoms with Crippen LogP contribution in [0.1, 0.15) is 19.3 Å². The first-order chi connectivity index (χ1) is 6.84. The highest BCUT2D eigenvalue weighted by Gasteiger charge is 2.09. The van der Waals surface area contributed by atoms with Crippen LogP contribution in [0, 0.1) is 0 Å². The number of aromatic nitrogens is 1. The molecule has 14 heavy (non-hydrogen) atoms. The summed E-state index contributed by atoms with van der Waals surface area (Å²) in [5, 5.41) is 3.48. The van der Waals surface area contributed by atoms with Crippen molar-refractivity contribution in [3.05, 3.63) is 35.1 Å². The third kappa shape index (κ3) is 2.58. The van der Waals surface area contributed by atoms with Crippen LogP contribution in [-0.2, 0) is 0 Å². The van der Waals surface area contributed by atoms with E-state index >= 15 is 0 Å². The average molecular weight is 253 g/mol. The van der Waals surface area contributed by atoms with E-state index < -0.39 is 0 Å². The normalized spacial score (nSPS) is 20.8. The van der Waals surface area contributed by atoms with E-state index in [0.717, 1.165) is 16.6 Å². The van der Waals surface area contributed by atoms with Crippen molar-refractivity contribution >= 4 is 21.6 Å². The number of hydrogen-bond acceptors (Lipinski definition) is 2. The maximum Gasteiger partial charge on any atom is 0.0540 e. The zero-order valence-electron chi connectivity index (χ0n) is 7.91. The first-order valence-electron chi connectivity index (χ1n) is 4.87. The summed E-state index contributed by atoms with van der Waals surface area (Å²) in [6.45, 7) is 0. The number of nitrogens with zero attached hydrogens (tertiary/aromatic N) is 1. The molecule has 1 unspecified atom stereocenters. The van der Waals surface area contributed by atoms with Gasteiger partial charge in [-0.2, -0.15) is 0 Å². The van der Waals surface area contributed by atoms with Gasteiger partial charge in [-0.3, -0.25) is 4.98 Å². The number of anilines is 1. The Bertz CT molecular complexity index is 336. The minimum Gasteiger partial charge on any atom is -0.381 e. The Kier molecular flexibility index (Phi) is 3.19. The summed E-state index contributed by atoms with van der Waals surface area (Å²) in [5.74, 6) is 0. The van der Waals surface area contributed by atoms with Crippen molar-refractivity contribution in [3.63, 3.8) is 0 Å². The van der Waals surface area contributed by atoms with Crippen LogP contribution < -0.4 is 5.32 Å². The van der Waals surface area contributed by atoms with Crippen LogP contribution in [0.2, 0.25) is 0 Å². The first-order valence-corrected chi connectivity index (χ1v) is 5.66. The second-order valence-corrected chi connectivity index (χ2v) is 4.43. The fourth-order valence-corrected chi connectivity index (χ4v) is 2.02. The van der Waals surface area contributed by atoms with Gasteiger partial charge in [0, 0.05) is 16.7 Å². The van der Waals surface area contributed by atoms with E-state index in [1.54, 1.807) is 6.20 Å². The predicted molar refractivity (Wildman–Crippen MR) is 62.3 cm³/mol. The molecular weight excluding hydrogens is 240 g/mol. The summed E-state index contributed by atoms with van der Waals surface area (Å²) >= 11 is 3.41. The number of rotatable bonds is 2. The standard InChI is InChI=1S/C11H13BrN2/c12-9-6-11(8-13-7-9)14-10-4-2-1-3-5-10/h1-2,6-8,10,14H,3-5H2.